The van der Waals surface area contributed by atoms with Crippen molar-refractivity contribution in [3.8, 4) is 12.1 Å². The molecule has 0 saturated heterocycles. The molecule has 0 radical (unpaired) electrons. The van der Waals surface area contributed by atoms with Crippen LogP contribution < -0.4 is 9.80 Å². The maximum absolute atomic E-state index is 9.74. The van der Waals surface area contributed by atoms with E-state index in [1.54, 1.807) is 9.80 Å². The van der Waals surface area contributed by atoms with Crippen LogP contribution in [0.1, 0.15) is 11.4 Å². The summed E-state index contributed by atoms with van der Waals surface area (Å²) in [6, 6.07) is 26.6. The van der Waals surface area contributed by atoms with Gasteiger partial charge in [-0.2, -0.15) is 10.5 Å². The number of hydrogen-bond acceptors (Lipinski definition) is 8. The zero-order valence-electron chi connectivity index (χ0n) is 19.4. The predicted octanol–water partition coefficient (Wildman–Crippen LogP) is 6.52. The number of anilines is 6. The molecule has 0 spiro atoms. The van der Waals surface area contributed by atoms with Crippen molar-refractivity contribution in [2.75, 3.05) is 9.80 Å². The van der Waals surface area contributed by atoms with Gasteiger partial charge in [0.2, 0.25) is 0 Å². The average molecular weight is 488 g/mol. The Hall–Kier alpha value is -6.36. The number of hydrogen-bond donors (Lipinski definition) is 0. The first-order chi connectivity index (χ1) is 18.7. The molecule has 1 aliphatic rings. The Bertz CT molecular complexity index is 1850. The molecule has 0 fully saturated rings. The number of benzene rings is 3. The average Bonchev–Trinajstić information content (AvgIpc) is 2.98. The van der Waals surface area contributed by atoms with Gasteiger partial charge in [0, 0.05) is 0 Å². The van der Waals surface area contributed by atoms with Gasteiger partial charge in [0.1, 0.15) is 12.1 Å². The van der Waals surface area contributed by atoms with Crippen molar-refractivity contribution < 1.29 is 0 Å². The SMILES string of the molecule is [C-]#[N+]c1nc2c(nc1[N+]#[C-])N(c1ccc3ccccc3c1)c1nc(C#N)c(C#N)nc1N2c1ccccc1. The maximum atomic E-state index is 9.74. The zero-order valence-corrected chi connectivity index (χ0v) is 19.4. The Kier molecular flexibility index (Phi) is 5.06. The van der Waals surface area contributed by atoms with E-state index in [0.29, 0.717) is 11.4 Å². The quantitative estimate of drug-likeness (QED) is 0.253. The third-order valence-corrected chi connectivity index (χ3v) is 5.96. The summed E-state index contributed by atoms with van der Waals surface area (Å²) in [7, 11) is 0. The smallest absolute Gasteiger partial charge is 0.300 e. The molecule has 5 aromatic rings. The summed E-state index contributed by atoms with van der Waals surface area (Å²) >= 11 is 0. The Balaban J connectivity index is 1.74. The van der Waals surface area contributed by atoms with Crippen molar-refractivity contribution in [3.05, 3.63) is 107 Å². The molecule has 0 amide bonds. The van der Waals surface area contributed by atoms with Crippen LogP contribution >= 0.6 is 0 Å². The van der Waals surface area contributed by atoms with E-state index >= 15 is 0 Å². The van der Waals surface area contributed by atoms with Crippen LogP contribution in [0.4, 0.5) is 46.3 Å². The summed E-state index contributed by atoms with van der Waals surface area (Å²) in [5.74, 6) is 0.601. The molecular formula is C28H12N10. The van der Waals surface area contributed by atoms with Crippen LogP contribution in [0.3, 0.4) is 0 Å². The lowest BCUT2D eigenvalue weighted by Gasteiger charge is -2.33. The van der Waals surface area contributed by atoms with Crippen molar-refractivity contribution >= 4 is 57.1 Å². The predicted molar refractivity (Wildman–Crippen MR) is 140 cm³/mol. The number of fused-ring (bicyclic) bond motifs is 3. The van der Waals surface area contributed by atoms with Crippen LogP contribution in [0.2, 0.25) is 0 Å². The molecule has 6 rings (SSSR count). The van der Waals surface area contributed by atoms with E-state index in [-0.39, 0.29) is 46.3 Å². The molecule has 0 aliphatic carbocycles. The van der Waals surface area contributed by atoms with Gasteiger partial charge >= 0.3 is 11.6 Å². The summed E-state index contributed by atoms with van der Waals surface area (Å²) in [5.41, 5.74) is 0.953. The van der Waals surface area contributed by atoms with E-state index in [9.17, 15) is 10.5 Å². The molecule has 1 aliphatic heterocycles. The second-order valence-corrected chi connectivity index (χ2v) is 8.07. The molecule has 0 unspecified atom stereocenters. The lowest BCUT2D eigenvalue weighted by molar-refractivity contribution is 0.983. The van der Waals surface area contributed by atoms with E-state index in [2.05, 4.69) is 29.6 Å². The van der Waals surface area contributed by atoms with E-state index in [0.717, 1.165) is 10.8 Å². The Morgan fingerprint density at radius 2 is 1.08 bits per heavy atom. The summed E-state index contributed by atoms with van der Waals surface area (Å²) in [6.45, 7) is 15.2. The summed E-state index contributed by atoms with van der Waals surface area (Å²) in [4.78, 5) is 28.3. The first-order valence-corrected chi connectivity index (χ1v) is 11.2. The third-order valence-electron chi connectivity index (χ3n) is 5.96. The Labute approximate surface area is 216 Å². The van der Waals surface area contributed by atoms with Gasteiger partial charge < -0.3 is 9.69 Å². The first kappa shape index (κ1) is 22.1. The van der Waals surface area contributed by atoms with Crippen LogP contribution in [0.15, 0.2) is 72.8 Å². The van der Waals surface area contributed by atoms with Gasteiger partial charge in [0.25, 0.3) is 11.6 Å². The van der Waals surface area contributed by atoms with Crippen LogP contribution in [-0.2, 0) is 0 Å². The van der Waals surface area contributed by atoms with Crippen molar-refractivity contribution in [2.24, 2.45) is 0 Å². The van der Waals surface area contributed by atoms with Crippen molar-refractivity contribution in [1.82, 2.24) is 19.9 Å². The fraction of sp³-hybridized carbons (Fsp3) is 0. The highest BCUT2D eigenvalue weighted by Gasteiger charge is 2.42. The minimum atomic E-state index is -0.164. The van der Waals surface area contributed by atoms with E-state index < -0.39 is 0 Å². The second-order valence-electron chi connectivity index (χ2n) is 8.07. The number of rotatable bonds is 2. The standard InChI is InChI=1S/C28H12N10/c1-31-23-24(32-2)36-28-27(35-23)37(19-10-4-3-5-11-19)25-26(34-22(16-30)21(15-29)33-25)38(28)20-13-12-17-8-6-7-9-18(17)14-20/h3-14H. The monoisotopic (exact) mass is 488 g/mol. The fourth-order valence-electron chi connectivity index (χ4n) is 4.31. The molecule has 3 heterocycles. The van der Waals surface area contributed by atoms with Crippen LogP contribution in [-0.4, -0.2) is 19.9 Å². The second kappa shape index (κ2) is 8.70. The lowest BCUT2D eigenvalue weighted by Crippen LogP contribution is -2.28. The zero-order chi connectivity index (χ0) is 26.2. The number of nitrogens with zero attached hydrogens (tertiary/aromatic N) is 10. The summed E-state index contributed by atoms with van der Waals surface area (Å²) < 4.78 is 0. The van der Waals surface area contributed by atoms with Crippen LogP contribution in [0.25, 0.3) is 20.5 Å². The maximum Gasteiger partial charge on any atom is 0.300 e. The van der Waals surface area contributed by atoms with Crippen LogP contribution in [0.5, 0.6) is 0 Å². The number of aromatic nitrogens is 4. The highest BCUT2D eigenvalue weighted by Crippen LogP contribution is 2.52. The van der Waals surface area contributed by atoms with Gasteiger partial charge in [-0.15, -0.1) is 9.97 Å². The lowest BCUT2D eigenvalue weighted by atomic mass is 10.1. The van der Waals surface area contributed by atoms with E-state index in [1.165, 1.54) is 0 Å². The van der Waals surface area contributed by atoms with Gasteiger partial charge in [0.05, 0.1) is 11.4 Å². The topological polar surface area (TPSA) is 114 Å². The molecule has 0 atom stereocenters. The van der Waals surface area contributed by atoms with Crippen molar-refractivity contribution in [2.45, 2.75) is 0 Å². The minimum absolute atomic E-state index is 0.148. The molecule has 2 aromatic heterocycles. The molecular weight excluding hydrogens is 476 g/mol. The Morgan fingerprint density at radius 1 is 0.579 bits per heavy atom. The van der Waals surface area contributed by atoms with Gasteiger partial charge in [0.15, 0.2) is 23.0 Å². The number of para-hydroxylation sites is 1. The number of nitriles is 2. The minimum Gasteiger partial charge on any atom is -0.370 e. The van der Waals surface area contributed by atoms with E-state index in [1.807, 2.05) is 84.9 Å². The van der Waals surface area contributed by atoms with Gasteiger partial charge in [-0.05, 0) is 35.0 Å². The molecule has 10 nitrogen and oxygen atoms in total. The van der Waals surface area contributed by atoms with Gasteiger partial charge in [-0.25, -0.2) is 9.97 Å². The molecule has 0 saturated carbocycles. The molecule has 3 aromatic carbocycles. The molecule has 10 heteroatoms. The molecule has 0 bridgehead atoms. The largest absolute Gasteiger partial charge is 0.370 e. The van der Waals surface area contributed by atoms with Gasteiger partial charge in [-0.1, -0.05) is 61.7 Å². The normalized spacial score (nSPS) is 11.5. The molecule has 0 N–H and O–H groups in total. The summed E-state index contributed by atoms with van der Waals surface area (Å²) in [6.07, 6.45) is 0. The van der Waals surface area contributed by atoms with E-state index in [4.69, 9.17) is 13.1 Å². The van der Waals surface area contributed by atoms with Gasteiger partial charge in [-0.3, -0.25) is 9.80 Å². The highest BCUT2D eigenvalue weighted by molar-refractivity contribution is 5.99. The van der Waals surface area contributed by atoms with Crippen molar-refractivity contribution in [3.63, 3.8) is 0 Å². The Morgan fingerprint density at radius 3 is 1.63 bits per heavy atom. The van der Waals surface area contributed by atoms with Crippen molar-refractivity contribution in [1.29, 1.82) is 10.5 Å². The summed E-state index contributed by atoms with van der Waals surface area (Å²) in [5, 5.41) is 21.4. The third kappa shape index (κ3) is 3.31. The highest BCUT2D eigenvalue weighted by atomic mass is 15.4. The molecule has 38 heavy (non-hydrogen) atoms. The fourth-order valence-corrected chi connectivity index (χ4v) is 4.31. The van der Waals surface area contributed by atoms with Crippen LogP contribution in [0, 0.1) is 35.8 Å². The first-order valence-electron chi connectivity index (χ1n) is 11.2. The molecule has 174 valence electrons.